The first-order valence-electron chi connectivity index (χ1n) is 19.5. The average Bonchev–Trinajstić information content (AvgIpc) is 3.60. The molecule has 4 N–H and O–H groups in total. The van der Waals surface area contributed by atoms with Gasteiger partial charge in [-0.25, -0.2) is 4.79 Å². The van der Waals surface area contributed by atoms with E-state index < -0.39 is 41.2 Å². The van der Waals surface area contributed by atoms with Gasteiger partial charge in [-0.05, 0) is 88.0 Å². The third-order valence-electron chi connectivity index (χ3n) is 14.1. The summed E-state index contributed by atoms with van der Waals surface area (Å²) in [6.45, 7) is 7.31. The Balaban J connectivity index is 1.19. The van der Waals surface area contributed by atoms with Crippen LogP contribution in [0.3, 0.4) is 0 Å². The molecule has 12 atom stereocenters. The molecule has 0 amide bonds. The third-order valence-corrected chi connectivity index (χ3v) is 14.1. The highest BCUT2D eigenvalue weighted by Crippen LogP contribution is 2.70. The lowest BCUT2D eigenvalue weighted by Crippen LogP contribution is -2.69. The van der Waals surface area contributed by atoms with Gasteiger partial charge in [0.1, 0.15) is 12.7 Å². The van der Waals surface area contributed by atoms with E-state index in [1.54, 1.807) is 13.0 Å². The van der Waals surface area contributed by atoms with Gasteiger partial charge in [0, 0.05) is 42.5 Å². The summed E-state index contributed by atoms with van der Waals surface area (Å²) in [4.78, 5) is 17.1. The summed E-state index contributed by atoms with van der Waals surface area (Å²) in [5, 5.41) is 46.1. The highest BCUT2D eigenvalue weighted by molar-refractivity contribution is 5.85. The fourth-order valence-corrected chi connectivity index (χ4v) is 11.3. The highest BCUT2D eigenvalue weighted by atomic mass is 16.7. The number of aliphatic hydroxyl groups is 4. The summed E-state index contributed by atoms with van der Waals surface area (Å²) in [7, 11) is 0. The number of cyclic esters (lactones) is 1. The van der Waals surface area contributed by atoms with Gasteiger partial charge >= 0.3 is 5.97 Å². The highest BCUT2D eigenvalue weighted by Gasteiger charge is 2.71. The first-order chi connectivity index (χ1) is 23.0. The second-order valence-electron chi connectivity index (χ2n) is 16.7. The van der Waals surface area contributed by atoms with Crippen LogP contribution in [0.2, 0.25) is 0 Å². The zero-order valence-electron chi connectivity index (χ0n) is 29.8. The largest absolute Gasteiger partial charge is 0.458 e. The topological polar surface area (TPSA) is 138 Å². The molecule has 0 bridgehead atoms. The lowest BCUT2D eigenvalue weighted by atomic mass is 9.41. The minimum absolute atomic E-state index is 0.0337. The van der Waals surface area contributed by atoms with Gasteiger partial charge in [-0.15, -0.1) is 0 Å². The molecule has 4 aliphatic carbocycles. The van der Waals surface area contributed by atoms with Crippen molar-refractivity contribution in [2.24, 2.45) is 33.6 Å². The van der Waals surface area contributed by atoms with E-state index in [4.69, 9.17) is 19.2 Å². The normalized spacial score (nSPS) is 45.8. The van der Waals surface area contributed by atoms with Crippen molar-refractivity contribution in [2.75, 3.05) is 13.2 Å². The third kappa shape index (κ3) is 6.58. The fourth-order valence-electron chi connectivity index (χ4n) is 11.3. The number of fused-ring (bicyclic) bond motifs is 5. The van der Waals surface area contributed by atoms with Crippen molar-refractivity contribution >= 4 is 12.2 Å². The first-order valence-corrected chi connectivity index (χ1v) is 19.5. The quantitative estimate of drug-likeness (QED) is 0.0835. The number of hydrogen-bond acceptors (Lipinski definition) is 9. The summed E-state index contributed by atoms with van der Waals surface area (Å²) in [5.41, 5.74) is -1.80. The Morgan fingerprint density at radius 3 is 2.40 bits per heavy atom. The van der Waals surface area contributed by atoms with E-state index >= 15 is 0 Å². The second kappa shape index (κ2) is 14.7. The number of nitrogens with zero attached hydrogens (tertiary/aromatic N) is 1. The van der Waals surface area contributed by atoms with Crippen LogP contribution in [0.25, 0.3) is 0 Å². The second-order valence-corrected chi connectivity index (χ2v) is 16.7. The van der Waals surface area contributed by atoms with Gasteiger partial charge in [-0.3, -0.25) is 4.99 Å². The molecule has 0 spiro atoms. The zero-order valence-corrected chi connectivity index (χ0v) is 29.8. The smallest absolute Gasteiger partial charge is 0.331 e. The van der Waals surface area contributed by atoms with Crippen LogP contribution in [0.4, 0.5) is 0 Å². The van der Waals surface area contributed by atoms with E-state index in [2.05, 4.69) is 20.1 Å². The monoisotopic (exact) mass is 673 g/mol. The number of carbonyl (C=O) groups excluding carboxylic acids is 1. The van der Waals surface area contributed by atoms with Crippen LogP contribution in [-0.4, -0.2) is 87.7 Å². The SMILES string of the molecule is CCCCCCCCCCN=C[C@]12CC[C@H](O[C@@H]3C[C@H](O)[C@@H](O)[C@H](C)O3)C[C@@]1(O)CC[C@@H]1[C@@H]2CC[C@]2(C)[C@@H](C3=CC(=O)OC3)CC[C@]12O. The van der Waals surface area contributed by atoms with E-state index in [1.807, 2.05) is 0 Å². The predicted molar refractivity (Wildman–Crippen MR) is 183 cm³/mol. The molecule has 272 valence electrons. The standard InChI is InChI=1S/C39H63NO8/c1-4-5-6-7-8-9-10-11-20-40-25-37-17-12-28(48-34-22-32(41)35(43)26(2)47-34)23-38(37,44)18-14-31-30(37)13-16-36(3)29(15-19-39(31,36)45)27-21-33(42)46-24-27/h21,25-26,28-32,34-35,41,43-45H,4-20,22-24H2,1-3H3/t26-,28-,29+,30-,31+,32-,34+,35-,36+,37-,38-,39-/m0/s1. The molecular formula is C39H63NO8. The maximum atomic E-state index is 12.8. The van der Waals surface area contributed by atoms with Gasteiger partial charge in [-0.1, -0.05) is 58.8 Å². The summed E-state index contributed by atoms with van der Waals surface area (Å²) in [5.74, 6) is -0.0240. The zero-order chi connectivity index (χ0) is 34.2. The summed E-state index contributed by atoms with van der Waals surface area (Å²) < 4.78 is 17.6. The fraction of sp³-hybridized carbons (Fsp3) is 0.897. The predicted octanol–water partition coefficient (Wildman–Crippen LogP) is 5.79. The molecule has 0 aromatic rings. The van der Waals surface area contributed by atoms with E-state index in [0.717, 1.165) is 50.6 Å². The van der Waals surface area contributed by atoms with Gasteiger partial charge in [-0.2, -0.15) is 0 Å². The van der Waals surface area contributed by atoms with Crippen LogP contribution in [-0.2, 0) is 19.0 Å². The Kier molecular flexibility index (Phi) is 11.2. The lowest BCUT2D eigenvalue weighted by Gasteiger charge is -2.66. The van der Waals surface area contributed by atoms with Gasteiger partial charge in [0.15, 0.2) is 6.29 Å². The minimum Gasteiger partial charge on any atom is -0.458 e. The van der Waals surface area contributed by atoms with Crippen LogP contribution >= 0.6 is 0 Å². The van der Waals surface area contributed by atoms with Crippen LogP contribution in [0, 0.1) is 28.6 Å². The van der Waals surface area contributed by atoms with Crippen molar-refractivity contribution in [3.63, 3.8) is 0 Å². The van der Waals surface area contributed by atoms with Crippen molar-refractivity contribution in [1.29, 1.82) is 0 Å². The average molecular weight is 674 g/mol. The number of ether oxygens (including phenoxy) is 3. The van der Waals surface area contributed by atoms with Gasteiger partial charge < -0.3 is 34.6 Å². The summed E-state index contributed by atoms with van der Waals surface area (Å²) >= 11 is 0. The molecule has 4 saturated carbocycles. The van der Waals surface area contributed by atoms with Crippen LogP contribution in [0.5, 0.6) is 0 Å². The van der Waals surface area contributed by atoms with E-state index in [0.29, 0.717) is 32.3 Å². The maximum Gasteiger partial charge on any atom is 0.331 e. The van der Waals surface area contributed by atoms with Gasteiger partial charge in [0.2, 0.25) is 0 Å². The van der Waals surface area contributed by atoms with Crippen molar-refractivity contribution in [2.45, 2.75) is 178 Å². The molecule has 6 rings (SSSR count). The van der Waals surface area contributed by atoms with Gasteiger partial charge in [0.05, 0.1) is 29.5 Å². The number of rotatable bonds is 13. The molecule has 2 heterocycles. The number of esters is 1. The van der Waals surface area contributed by atoms with Crippen molar-refractivity contribution in [1.82, 2.24) is 0 Å². The molecule has 0 aromatic carbocycles. The molecule has 6 aliphatic rings. The van der Waals surface area contributed by atoms with Crippen LogP contribution in [0.15, 0.2) is 16.6 Å². The van der Waals surface area contributed by atoms with Crippen molar-refractivity contribution < 1.29 is 39.4 Å². The number of unbranched alkanes of at least 4 members (excludes halogenated alkanes) is 7. The van der Waals surface area contributed by atoms with Crippen LogP contribution < -0.4 is 0 Å². The first kappa shape index (κ1) is 36.4. The Bertz CT molecular complexity index is 1180. The number of hydrogen-bond donors (Lipinski definition) is 4. The molecule has 5 fully saturated rings. The molecule has 9 heteroatoms. The molecule has 1 saturated heterocycles. The molecule has 2 aliphatic heterocycles. The Morgan fingerprint density at radius 2 is 1.69 bits per heavy atom. The van der Waals surface area contributed by atoms with Crippen LogP contribution in [0.1, 0.15) is 136 Å². The maximum absolute atomic E-state index is 12.8. The molecule has 9 nitrogen and oxygen atoms in total. The Hall–Kier alpha value is -1.36. The molecule has 0 aromatic heterocycles. The van der Waals surface area contributed by atoms with E-state index in [-0.39, 0.29) is 41.7 Å². The molecule has 0 radical (unpaired) electrons. The number of aliphatic imine (C=N–C) groups is 1. The molecular weight excluding hydrogens is 610 g/mol. The number of carbonyl (C=O) groups is 1. The van der Waals surface area contributed by atoms with Crippen molar-refractivity contribution in [3.05, 3.63) is 11.6 Å². The lowest BCUT2D eigenvalue weighted by molar-refractivity contribution is -0.282. The van der Waals surface area contributed by atoms with Gasteiger partial charge in [0.25, 0.3) is 0 Å². The summed E-state index contributed by atoms with van der Waals surface area (Å²) in [6, 6.07) is 0. The molecule has 48 heavy (non-hydrogen) atoms. The Labute approximate surface area is 287 Å². The molecule has 0 unspecified atom stereocenters. The Morgan fingerprint density at radius 1 is 0.958 bits per heavy atom. The van der Waals surface area contributed by atoms with E-state index in [1.165, 1.54) is 44.9 Å². The summed E-state index contributed by atoms with van der Waals surface area (Å²) in [6.07, 6.45) is 17.2. The van der Waals surface area contributed by atoms with E-state index in [9.17, 15) is 25.2 Å². The van der Waals surface area contributed by atoms with Crippen molar-refractivity contribution in [3.8, 4) is 0 Å². The minimum atomic E-state index is -1.03. The number of aliphatic hydroxyl groups excluding tert-OH is 2.